The molecule has 3 aromatic rings. The third-order valence-electron chi connectivity index (χ3n) is 15.2. The first-order valence-electron chi connectivity index (χ1n) is 27.9. The molecule has 0 heterocycles. The van der Waals surface area contributed by atoms with E-state index in [0.717, 1.165) is 70.6 Å². The lowest BCUT2D eigenvalue weighted by Crippen LogP contribution is -2.24. The molecule has 0 saturated heterocycles. The van der Waals surface area contributed by atoms with Crippen molar-refractivity contribution >= 4 is 33.5 Å². The van der Waals surface area contributed by atoms with Crippen molar-refractivity contribution in [3.05, 3.63) is 48.5 Å². The number of unbranched alkanes of at least 4 members (excludes halogenated alkanes) is 18. The minimum atomic E-state index is -0.374. The first kappa shape index (κ1) is 53.7. The molecular weight excluding hydrogens is 817 g/mol. The van der Waals surface area contributed by atoms with Gasteiger partial charge in [-0.15, -0.1) is 0 Å². The predicted molar refractivity (Wildman–Crippen MR) is 277 cm³/mol. The SMILES string of the molecule is CCCCCCCCCCCCC1CCC(COC(=O)CC(C)Oc2c3ccccc3c(OC(C)CC(=O)OCC3CCC(CCCCCCCCCCCC)CC3)c3ccccc23)CC1. The number of benzene rings is 3. The Balaban J connectivity index is 0.995. The Hall–Kier alpha value is -3.28. The van der Waals surface area contributed by atoms with E-state index in [2.05, 4.69) is 13.8 Å². The fourth-order valence-electron chi connectivity index (χ4n) is 11.0. The summed E-state index contributed by atoms with van der Waals surface area (Å²) in [6.45, 7) is 9.50. The van der Waals surface area contributed by atoms with Gasteiger partial charge >= 0.3 is 11.9 Å². The number of carbonyl (C=O) groups is 2. The van der Waals surface area contributed by atoms with Crippen LogP contribution in [0.3, 0.4) is 0 Å². The predicted octanol–water partition coefficient (Wildman–Crippen LogP) is 17.6. The van der Waals surface area contributed by atoms with Gasteiger partial charge in [0.25, 0.3) is 0 Å². The van der Waals surface area contributed by atoms with Crippen LogP contribution in [0.2, 0.25) is 0 Å². The van der Waals surface area contributed by atoms with Gasteiger partial charge < -0.3 is 18.9 Å². The third kappa shape index (κ3) is 19.7. The zero-order valence-electron chi connectivity index (χ0n) is 42.6. The van der Waals surface area contributed by atoms with Gasteiger partial charge in [-0.3, -0.25) is 9.59 Å². The van der Waals surface area contributed by atoms with Gasteiger partial charge in [0.05, 0.1) is 26.1 Å². The molecule has 370 valence electrons. The highest BCUT2D eigenvalue weighted by Gasteiger charge is 2.26. The highest BCUT2D eigenvalue weighted by molar-refractivity contribution is 6.11. The van der Waals surface area contributed by atoms with Crippen molar-refractivity contribution in [2.24, 2.45) is 23.7 Å². The number of carbonyl (C=O) groups excluding carboxylic acids is 2. The van der Waals surface area contributed by atoms with Crippen LogP contribution in [0.1, 0.15) is 233 Å². The minimum absolute atomic E-state index is 0.189. The first-order valence-corrected chi connectivity index (χ1v) is 27.9. The van der Waals surface area contributed by atoms with Crippen LogP contribution < -0.4 is 9.47 Å². The van der Waals surface area contributed by atoms with Crippen LogP contribution in [-0.2, 0) is 19.1 Å². The molecule has 2 fully saturated rings. The summed E-state index contributed by atoms with van der Waals surface area (Å²) in [5.74, 6) is 3.69. The Morgan fingerprint density at radius 3 is 1.00 bits per heavy atom. The summed E-state index contributed by atoms with van der Waals surface area (Å²) < 4.78 is 25.0. The maximum Gasteiger partial charge on any atom is 0.309 e. The topological polar surface area (TPSA) is 71.1 Å². The zero-order chi connectivity index (χ0) is 46.6. The average molecular weight is 911 g/mol. The fourth-order valence-corrected chi connectivity index (χ4v) is 11.0. The molecule has 5 rings (SSSR count). The van der Waals surface area contributed by atoms with E-state index in [0.29, 0.717) is 25.0 Å². The van der Waals surface area contributed by atoms with Crippen LogP contribution in [0, 0.1) is 23.7 Å². The highest BCUT2D eigenvalue weighted by Crippen LogP contribution is 2.44. The van der Waals surface area contributed by atoms with Gasteiger partial charge in [0.2, 0.25) is 0 Å². The maximum atomic E-state index is 13.1. The van der Waals surface area contributed by atoms with Crippen LogP contribution in [-0.4, -0.2) is 37.4 Å². The Kier molecular flexibility index (Phi) is 25.8. The van der Waals surface area contributed by atoms with E-state index >= 15 is 0 Å². The van der Waals surface area contributed by atoms with Gasteiger partial charge in [-0.05, 0) is 63.2 Å². The van der Waals surface area contributed by atoms with Gasteiger partial charge in [-0.25, -0.2) is 0 Å². The summed E-state index contributed by atoms with van der Waals surface area (Å²) in [6.07, 6.45) is 39.9. The van der Waals surface area contributed by atoms with E-state index < -0.39 is 0 Å². The number of hydrogen-bond acceptors (Lipinski definition) is 6. The molecule has 0 amide bonds. The molecule has 0 radical (unpaired) electrons. The fraction of sp³-hybridized carbons (Fsp3) is 0.733. The lowest BCUT2D eigenvalue weighted by molar-refractivity contribution is -0.148. The van der Waals surface area contributed by atoms with Crippen LogP contribution in [0.4, 0.5) is 0 Å². The Morgan fingerprint density at radius 2 is 0.697 bits per heavy atom. The molecule has 2 atom stereocenters. The Bertz CT molecular complexity index is 1580. The van der Waals surface area contributed by atoms with E-state index in [1.807, 2.05) is 62.4 Å². The summed E-state index contributed by atoms with van der Waals surface area (Å²) in [7, 11) is 0. The molecule has 6 heteroatoms. The average Bonchev–Trinajstić information content (AvgIpc) is 3.33. The van der Waals surface area contributed by atoms with Gasteiger partial charge in [-0.1, -0.05) is 229 Å². The highest BCUT2D eigenvalue weighted by atomic mass is 16.5. The maximum absolute atomic E-state index is 13.1. The second-order valence-corrected chi connectivity index (χ2v) is 21.1. The zero-order valence-corrected chi connectivity index (χ0v) is 42.6. The standard InChI is InChI=1S/C60H94O6/c1-5-7-9-11-13-15-17-19-21-23-29-49-35-39-51(40-36-49)45-63-57(61)43-47(3)65-59-53-31-25-27-33-55(53)60(56-34-28-26-32-54(56)59)66-48(4)44-58(62)64-46-52-41-37-50(38-42-52)30-24-22-20-18-16-14-12-10-8-6-2/h25-28,31-34,47-52H,5-24,29-30,35-46H2,1-4H3. The van der Waals surface area contributed by atoms with Gasteiger partial charge in [0.1, 0.15) is 23.7 Å². The van der Waals surface area contributed by atoms with Crippen LogP contribution in [0.5, 0.6) is 11.5 Å². The largest absolute Gasteiger partial charge is 0.489 e. The molecule has 0 N–H and O–H groups in total. The van der Waals surface area contributed by atoms with E-state index in [-0.39, 0.29) is 37.0 Å². The second kappa shape index (κ2) is 31.7. The van der Waals surface area contributed by atoms with E-state index in [4.69, 9.17) is 18.9 Å². The van der Waals surface area contributed by atoms with Crippen molar-refractivity contribution < 1.29 is 28.5 Å². The number of esters is 2. The van der Waals surface area contributed by atoms with E-state index in [1.165, 1.54) is 167 Å². The summed E-state index contributed by atoms with van der Waals surface area (Å²) >= 11 is 0. The lowest BCUT2D eigenvalue weighted by atomic mass is 9.80. The minimum Gasteiger partial charge on any atom is -0.489 e. The summed E-state index contributed by atoms with van der Waals surface area (Å²) in [4.78, 5) is 26.3. The van der Waals surface area contributed by atoms with E-state index in [1.54, 1.807) is 0 Å². The van der Waals surface area contributed by atoms with Crippen molar-refractivity contribution in [3.8, 4) is 11.5 Å². The molecule has 2 unspecified atom stereocenters. The molecule has 2 aliphatic rings. The monoisotopic (exact) mass is 911 g/mol. The first-order chi connectivity index (χ1) is 32.3. The van der Waals surface area contributed by atoms with E-state index in [9.17, 15) is 9.59 Å². The second-order valence-electron chi connectivity index (χ2n) is 21.1. The summed E-state index contributed by atoms with van der Waals surface area (Å²) in [5.41, 5.74) is 0. The quantitative estimate of drug-likeness (QED) is 0.0338. The van der Waals surface area contributed by atoms with Crippen LogP contribution in [0.15, 0.2) is 48.5 Å². The van der Waals surface area contributed by atoms with Crippen molar-refractivity contribution in [1.82, 2.24) is 0 Å². The van der Waals surface area contributed by atoms with Crippen molar-refractivity contribution in [1.29, 1.82) is 0 Å². The third-order valence-corrected chi connectivity index (χ3v) is 15.2. The van der Waals surface area contributed by atoms with Gasteiger partial charge in [-0.2, -0.15) is 0 Å². The molecule has 0 aromatic heterocycles. The Morgan fingerprint density at radius 1 is 0.424 bits per heavy atom. The molecule has 0 bridgehead atoms. The number of ether oxygens (including phenoxy) is 4. The molecule has 66 heavy (non-hydrogen) atoms. The number of hydrogen-bond donors (Lipinski definition) is 0. The van der Waals surface area contributed by atoms with Gasteiger partial charge in [0, 0.05) is 21.5 Å². The summed E-state index contributed by atoms with van der Waals surface area (Å²) in [6, 6.07) is 16.2. The molecule has 6 nitrogen and oxygen atoms in total. The van der Waals surface area contributed by atoms with Crippen LogP contribution >= 0.6 is 0 Å². The van der Waals surface area contributed by atoms with Gasteiger partial charge in [0.15, 0.2) is 0 Å². The molecule has 0 aliphatic heterocycles. The molecule has 2 aliphatic carbocycles. The Labute approximate surface area is 402 Å². The van der Waals surface area contributed by atoms with Crippen molar-refractivity contribution in [2.75, 3.05) is 13.2 Å². The molecule has 2 saturated carbocycles. The molecule has 3 aromatic carbocycles. The molecular formula is C60H94O6. The lowest BCUT2D eigenvalue weighted by Gasteiger charge is -2.28. The normalized spacial score (nSPS) is 19.7. The van der Waals surface area contributed by atoms with Crippen molar-refractivity contribution in [2.45, 2.75) is 245 Å². The summed E-state index contributed by atoms with van der Waals surface area (Å²) in [5, 5.41) is 3.66. The van der Waals surface area contributed by atoms with Crippen molar-refractivity contribution in [3.63, 3.8) is 0 Å². The smallest absolute Gasteiger partial charge is 0.309 e. The van der Waals surface area contributed by atoms with Crippen LogP contribution in [0.25, 0.3) is 21.5 Å². The number of fused-ring (bicyclic) bond motifs is 2. The molecule has 0 spiro atoms. The number of rotatable bonds is 34.